The van der Waals surface area contributed by atoms with E-state index >= 15 is 0 Å². The van der Waals surface area contributed by atoms with Gasteiger partial charge in [-0.3, -0.25) is 4.79 Å². The number of methoxy groups -OCH3 is 3. The van der Waals surface area contributed by atoms with Gasteiger partial charge in [-0.15, -0.1) is 0 Å². The summed E-state index contributed by atoms with van der Waals surface area (Å²) in [6.07, 6.45) is 0. The van der Waals surface area contributed by atoms with Gasteiger partial charge in [0.15, 0.2) is 11.5 Å². The minimum absolute atomic E-state index is 0.182. The summed E-state index contributed by atoms with van der Waals surface area (Å²) >= 11 is 1.24. The molecule has 0 saturated carbocycles. The highest BCUT2D eigenvalue weighted by Crippen LogP contribution is 2.43. The van der Waals surface area contributed by atoms with Crippen molar-refractivity contribution >= 4 is 23.4 Å². The van der Waals surface area contributed by atoms with Gasteiger partial charge in [-0.25, -0.2) is 4.98 Å². The number of amides is 1. The molecule has 4 aromatic rings. The predicted molar refractivity (Wildman–Crippen MR) is 159 cm³/mol. The Morgan fingerprint density at radius 2 is 1.57 bits per heavy atom. The lowest BCUT2D eigenvalue weighted by Gasteiger charge is -2.18. The zero-order valence-electron chi connectivity index (χ0n) is 23.4. The molecule has 1 N–H and O–H groups in total. The number of benzene rings is 3. The van der Waals surface area contributed by atoms with Crippen LogP contribution in [0.5, 0.6) is 17.2 Å². The second-order valence-corrected chi connectivity index (χ2v) is 10.5. The summed E-state index contributed by atoms with van der Waals surface area (Å²) in [5.74, 6) is 1.21. The number of thioether (sulfide) groups is 1. The first-order valence-electron chi connectivity index (χ1n) is 12.6. The Morgan fingerprint density at radius 1 is 0.900 bits per heavy atom. The molecule has 1 heterocycles. The van der Waals surface area contributed by atoms with Gasteiger partial charge in [-0.2, -0.15) is 5.26 Å². The first-order chi connectivity index (χ1) is 19.3. The number of rotatable bonds is 9. The molecule has 204 valence electrons. The van der Waals surface area contributed by atoms with Gasteiger partial charge >= 0.3 is 0 Å². The molecule has 40 heavy (non-hydrogen) atoms. The molecular formula is C32H31N3O4S. The second-order valence-electron chi connectivity index (χ2n) is 9.18. The Balaban J connectivity index is 1.80. The van der Waals surface area contributed by atoms with Crippen LogP contribution in [0.2, 0.25) is 0 Å². The fraction of sp³-hybridized carbons (Fsp3) is 0.219. The van der Waals surface area contributed by atoms with E-state index in [4.69, 9.17) is 19.2 Å². The first-order valence-corrected chi connectivity index (χ1v) is 13.5. The van der Waals surface area contributed by atoms with E-state index in [1.807, 2.05) is 68.4 Å². The lowest BCUT2D eigenvalue weighted by atomic mass is 9.98. The third-order valence-corrected chi connectivity index (χ3v) is 7.66. The van der Waals surface area contributed by atoms with Crippen molar-refractivity contribution in [3.8, 4) is 45.7 Å². The number of pyridine rings is 1. The molecule has 1 aromatic heterocycles. The molecule has 0 aliphatic carbocycles. The van der Waals surface area contributed by atoms with Gasteiger partial charge in [-0.05, 0) is 67.8 Å². The molecule has 0 saturated heterocycles. The summed E-state index contributed by atoms with van der Waals surface area (Å²) < 4.78 is 16.6. The van der Waals surface area contributed by atoms with Crippen molar-refractivity contribution in [1.29, 1.82) is 5.26 Å². The molecule has 8 heteroatoms. The van der Waals surface area contributed by atoms with Crippen molar-refractivity contribution in [2.75, 3.05) is 26.6 Å². The van der Waals surface area contributed by atoms with Crippen molar-refractivity contribution in [2.45, 2.75) is 31.0 Å². The SMILES string of the molecule is COc1cc(-c2cc(-c3ccccc3)nc(SC(C)C(=O)Nc3ccc(C)c(C)c3)c2C#N)cc(OC)c1OC. The third kappa shape index (κ3) is 6.05. The Hall–Kier alpha value is -4.48. The summed E-state index contributed by atoms with van der Waals surface area (Å²) in [4.78, 5) is 18.0. The van der Waals surface area contributed by atoms with Gasteiger partial charge < -0.3 is 19.5 Å². The summed E-state index contributed by atoms with van der Waals surface area (Å²) in [7, 11) is 4.64. The maximum Gasteiger partial charge on any atom is 0.237 e. The predicted octanol–water partition coefficient (Wildman–Crippen LogP) is 7.05. The quantitative estimate of drug-likeness (QED) is 0.222. The number of ether oxygens (including phenoxy) is 3. The Morgan fingerprint density at radius 3 is 2.15 bits per heavy atom. The minimum Gasteiger partial charge on any atom is -0.493 e. The monoisotopic (exact) mass is 553 g/mol. The van der Waals surface area contributed by atoms with Crippen LogP contribution >= 0.6 is 11.8 Å². The number of hydrogen-bond donors (Lipinski definition) is 1. The zero-order chi connectivity index (χ0) is 28.8. The van der Waals surface area contributed by atoms with Crippen LogP contribution < -0.4 is 19.5 Å². The maximum absolute atomic E-state index is 13.2. The molecule has 1 amide bonds. The fourth-order valence-electron chi connectivity index (χ4n) is 4.22. The number of nitrogens with one attached hydrogen (secondary N) is 1. The van der Waals surface area contributed by atoms with Gasteiger partial charge in [0.2, 0.25) is 11.7 Å². The second kappa shape index (κ2) is 12.6. The van der Waals surface area contributed by atoms with E-state index in [1.165, 1.54) is 11.8 Å². The van der Waals surface area contributed by atoms with Crippen LogP contribution in [0.3, 0.4) is 0 Å². The van der Waals surface area contributed by atoms with E-state index in [9.17, 15) is 10.1 Å². The van der Waals surface area contributed by atoms with Crippen LogP contribution in [-0.4, -0.2) is 37.5 Å². The van der Waals surface area contributed by atoms with E-state index < -0.39 is 5.25 Å². The molecule has 7 nitrogen and oxygen atoms in total. The van der Waals surface area contributed by atoms with Crippen molar-refractivity contribution in [1.82, 2.24) is 4.98 Å². The van der Waals surface area contributed by atoms with E-state index in [0.29, 0.717) is 44.7 Å². The Labute approximate surface area is 239 Å². The van der Waals surface area contributed by atoms with Crippen LogP contribution in [0.15, 0.2) is 71.8 Å². The van der Waals surface area contributed by atoms with Crippen molar-refractivity contribution in [2.24, 2.45) is 0 Å². The Bertz CT molecular complexity index is 1560. The normalized spacial score (nSPS) is 11.3. The molecule has 1 unspecified atom stereocenters. The number of nitriles is 1. The molecule has 0 spiro atoms. The van der Waals surface area contributed by atoms with Crippen LogP contribution in [-0.2, 0) is 4.79 Å². The molecule has 0 radical (unpaired) electrons. The highest BCUT2D eigenvalue weighted by Gasteiger charge is 2.23. The van der Waals surface area contributed by atoms with Gasteiger partial charge in [0.05, 0.1) is 37.8 Å². The summed E-state index contributed by atoms with van der Waals surface area (Å²) in [5, 5.41) is 13.2. The van der Waals surface area contributed by atoms with E-state index in [0.717, 1.165) is 22.4 Å². The van der Waals surface area contributed by atoms with Crippen LogP contribution in [0, 0.1) is 25.2 Å². The van der Waals surface area contributed by atoms with Gasteiger partial charge in [0.25, 0.3) is 0 Å². The first kappa shape index (κ1) is 28.5. The van der Waals surface area contributed by atoms with E-state index in [1.54, 1.807) is 40.4 Å². The smallest absolute Gasteiger partial charge is 0.237 e. The van der Waals surface area contributed by atoms with Gasteiger partial charge in [0, 0.05) is 16.8 Å². The molecule has 1 atom stereocenters. The summed E-state index contributed by atoms with van der Waals surface area (Å²) in [6, 6.07) is 23.3. The number of carbonyl (C=O) groups excluding carboxylic acids is 1. The number of anilines is 1. The summed E-state index contributed by atoms with van der Waals surface area (Å²) in [5.41, 5.74) is 6.22. The standard InChI is InChI=1S/C32H31N3O4S/c1-19-12-13-24(14-20(19)2)34-31(36)21(3)40-32-26(18-33)25(17-27(35-32)22-10-8-7-9-11-22)23-15-28(37-4)30(39-6)29(16-23)38-5/h7-17,21H,1-6H3,(H,34,36). The molecule has 0 fully saturated rings. The highest BCUT2D eigenvalue weighted by atomic mass is 32.2. The van der Waals surface area contributed by atoms with E-state index in [2.05, 4.69) is 11.4 Å². The van der Waals surface area contributed by atoms with Crippen molar-refractivity contribution < 1.29 is 19.0 Å². The van der Waals surface area contributed by atoms with E-state index in [-0.39, 0.29) is 5.91 Å². The summed E-state index contributed by atoms with van der Waals surface area (Å²) in [6.45, 7) is 5.84. The lowest BCUT2D eigenvalue weighted by Crippen LogP contribution is -2.22. The van der Waals surface area contributed by atoms with Crippen LogP contribution in [0.4, 0.5) is 5.69 Å². The van der Waals surface area contributed by atoms with Crippen LogP contribution in [0.1, 0.15) is 23.6 Å². The zero-order valence-corrected chi connectivity index (χ0v) is 24.2. The molecule has 0 aliphatic heterocycles. The number of nitrogens with zero attached hydrogens (tertiary/aromatic N) is 2. The third-order valence-electron chi connectivity index (χ3n) is 6.58. The molecule has 0 bridgehead atoms. The molecule has 0 aliphatic rings. The number of aryl methyl sites for hydroxylation is 2. The highest BCUT2D eigenvalue weighted by molar-refractivity contribution is 8.00. The molecule has 4 rings (SSSR count). The lowest BCUT2D eigenvalue weighted by molar-refractivity contribution is -0.115. The number of carbonyl (C=O) groups is 1. The average Bonchev–Trinajstić information content (AvgIpc) is 2.98. The maximum atomic E-state index is 13.2. The average molecular weight is 554 g/mol. The van der Waals surface area contributed by atoms with Crippen molar-refractivity contribution in [3.05, 3.63) is 83.4 Å². The van der Waals surface area contributed by atoms with Crippen LogP contribution in [0.25, 0.3) is 22.4 Å². The number of aromatic nitrogens is 1. The largest absolute Gasteiger partial charge is 0.493 e. The molecular weight excluding hydrogens is 522 g/mol. The number of hydrogen-bond acceptors (Lipinski definition) is 7. The Kier molecular flexibility index (Phi) is 8.97. The fourth-order valence-corrected chi connectivity index (χ4v) is 5.15. The van der Waals surface area contributed by atoms with Gasteiger partial charge in [-0.1, -0.05) is 48.2 Å². The van der Waals surface area contributed by atoms with Gasteiger partial charge in [0.1, 0.15) is 11.1 Å². The van der Waals surface area contributed by atoms with Crippen molar-refractivity contribution in [3.63, 3.8) is 0 Å². The molecule has 3 aromatic carbocycles. The minimum atomic E-state index is -0.528. The topological polar surface area (TPSA) is 93.5 Å².